The molecule has 0 aromatic heterocycles. The molecule has 2 aromatic rings. The molecule has 0 fully saturated rings. The van der Waals surface area contributed by atoms with E-state index < -0.39 is 12.1 Å². The predicted molar refractivity (Wildman–Crippen MR) is 102 cm³/mol. The van der Waals surface area contributed by atoms with E-state index in [2.05, 4.69) is 10.6 Å². The number of amides is 3. The van der Waals surface area contributed by atoms with Crippen LogP contribution in [0.2, 0.25) is 0 Å². The molecule has 138 valence electrons. The van der Waals surface area contributed by atoms with Crippen LogP contribution in [0, 0.1) is 6.92 Å². The molecule has 1 atom stereocenters. The van der Waals surface area contributed by atoms with Gasteiger partial charge in [-0.2, -0.15) is 0 Å². The van der Waals surface area contributed by atoms with Crippen molar-refractivity contribution in [1.82, 2.24) is 10.2 Å². The molecule has 0 saturated carbocycles. The third-order valence-electron chi connectivity index (χ3n) is 4.02. The first-order chi connectivity index (χ1) is 12.4. The van der Waals surface area contributed by atoms with Crippen LogP contribution in [0.1, 0.15) is 21.5 Å². The lowest BCUT2D eigenvalue weighted by Gasteiger charge is -2.18. The third-order valence-corrected chi connectivity index (χ3v) is 4.02. The van der Waals surface area contributed by atoms with E-state index in [1.165, 1.54) is 4.90 Å². The Morgan fingerprint density at radius 2 is 1.81 bits per heavy atom. The normalized spacial score (nSPS) is 11.5. The van der Waals surface area contributed by atoms with Gasteiger partial charge < -0.3 is 20.6 Å². The van der Waals surface area contributed by atoms with E-state index in [1.807, 2.05) is 37.3 Å². The first kappa shape index (κ1) is 19.5. The summed E-state index contributed by atoms with van der Waals surface area (Å²) < 4.78 is 0. The van der Waals surface area contributed by atoms with E-state index in [0.717, 1.165) is 11.1 Å². The lowest BCUT2D eigenvalue weighted by Crippen LogP contribution is -2.41. The van der Waals surface area contributed by atoms with Crippen molar-refractivity contribution >= 4 is 17.6 Å². The number of aryl methyl sites for hydroxylation is 1. The van der Waals surface area contributed by atoms with Crippen LogP contribution in [-0.4, -0.2) is 48.7 Å². The van der Waals surface area contributed by atoms with Gasteiger partial charge in [-0.1, -0.05) is 36.4 Å². The minimum absolute atomic E-state index is 0.134. The van der Waals surface area contributed by atoms with Gasteiger partial charge in [0.2, 0.25) is 0 Å². The van der Waals surface area contributed by atoms with E-state index in [1.54, 1.807) is 32.3 Å². The molecule has 6 heteroatoms. The highest BCUT2D eigenvalue weighted by atomic mass is 16.3. The van der Waals surface area contributed by atoms with Gasteiger partial charge in [-0.25, -0.2) is 4.79 Å². The molecule has 3 amide bonds. The first-order valence-corrected chi connectivity index (χ1v) is 8.45. The Hall–Kier alpha value is -2.86. The summed E-state index contributed by atoms with van der Waals surface area (Å²) in [6, 6.07) is 14.0. The molecule has 6 nitrogen and oxygen atoms in total. The van der Waals surface area contributed by atoms with Crippen LogP contribution in [-0.2, 0) is 6.42 Å². The summed E-state index contributed by atoms with van der Waals surface area (Å²) in [5, 5.41) is 15.1. The van der Waals surface area contributed by atoms with Crippen molar-refractivity contribution in [3.05, 3.63) is 65.2 Å². The number of hydrogen-bond acceptors (Lipinski definition) is 3. The van der Waals surface area contributed by atoms with Crippen LogP contribution >= 0.6 is 0 Å². The van der Waals surface area contributed by atoms with E-state index in [-0.39, 0.29) is 12.5 Å². The number of aliphatic hydroxyl groups is 1. The largest absolute Gasteiger partial charge is 0.394 e. The molecular weight excluding hydrogens is 330 g/mol. The highest BCUT2D eigenvalue weighted by molar-refractivity contribution is 5.97. The number of benzene rings is 2. The lowest BCUT2D eigenvalue weighted by molar-refractivity contribution is 0.0827. The minimum atomic E-state index is -0.419. The molecule has 26 heavy (non-hydrogen) atoms. The molecule has 0 spiro atoms. The second kappa shape index (κ2) is 9.01. The Morgan fingerprint density at radius 3 is 2.42 bits per heavy atom. The van der Waals surface area contributed by atoms with Gasteiger partial charge in [0.05, 0.1) is 12.6 Å². The maximum absolute atomic E-state index is 12.3. The van der Waals surface area contributed by atoms with Crippen LogP contribution in [0.5, 0.6) is 0 Å². The van der Waals surface area contributed by atoms with Gasteiger partial charge in [-0.05, 0) is 36.6 Å². The number of aliphatic hydroxyl groups excluding tert-OH is 1. The summed E-state index contributed by atoms with van der Waals surface area (Å²) in [5.41, 5.74) is 2.94. The number of urea groups is 1. The molecule has 1 unspecified atom stereocenters. The highest BCUT2D eigenvalue weighted by Crippen LogP contribution is 2.18. The molecule has 0 bridgehead atoms. The van der Waals surface area contributed by atoms with E-state index in [9.17, 15) is 14.7 Å². The van der Waals surface area contributed by atoms with Crippen molar-refractivity contribution in [2.75, 3.05) is 26.0 Å². The fraction of sp³-hybridized carbons (Fsp3) is 0.300. The van der Waals surface area contributed by atoms with Gasteiger partial charge in [0, 0.05) is 25.3 Å². The fourth-order valence-corrected chi connectivity index (χ4v) is 2.55. The van der Waals surface area contributed by atoms with Gasteiger partial charge in [0.15, 0.2) is 0 Å². The molecule has 0 saturated heterocycles. The van der Waals surface area contributed by atoms with E-state index in [4.69, 9.17) is 0 Å². The van der Waals surface area contributed by atoms with Crippen molar-refractivity contribution in [1.29, 1.82) is 0 Å². The minimum Gasteiger partial charge on any atom is -0.394 e. The summed E-state index contributed by atoms with van der Waals surface area (Å²) in [6.07, 6.45) is 0.531. The first-order valence-electron chi connectivity index (χ1n) is 8.45. The number of carbonyl (C=O) groups is 2. The predicted octanol–water partition coefficient (Wildman–Crippen LogP) is 2.42. The average molecular weight is 355 g/mol. The Morgan fingerprint density at radius 1 is 1.12 bits per heavy atom. The summed E-state index contributed by atoms with van der Waals surface area (Å²) in [7, 11) is 3.36. The van der Waals surface area contributed by atoms with Gasteiger partial charge in [-0.15, -0.1) is 0 Å². The van der Waals surface area contributed by atoms with Gasteiger partial charge in [-0.3, -0.25) is 4.79 Å². The molecule has 0 radical (unpaired) electrons. The molecular formula is C20H25N3O3. The number of nitrogens with zero attached hydrogens (tertiary/aromatic N) is 1. The Balaban J connectivity index is 2.04. The van der Waals surface area contributed by atoms with Gasteiger partial charge in [0.25, 0.3) is 5.91 Å². The Bertz CT molecular complexity index is 760. The maximum atomic E-state index is 12.3. The molecule has 0 aliphatic rings. The summed E-state index contributed by atoms with van der Waals surface area (Å²) in [4.78, 5) is 25.9. The Labute approximate surface area is 153 Å². The Kier molecular flexibility index (Phi) is 6.74. The second-order valence-electron chi connectivity index (χ2n) is 6.40. The molecule has 2 aromatic carbocycles. The van der Waals surface area contributed by atoms with Gasteiger partial charge in [0.1, 0.15) is 0 Å². The maximum Gasteiger partial charge on any atom is 0.319 e. The third kappa shape index (κ3) is 5.32. The zero-order chi connectivity index (χ0) is 19.1. The number of nitrogens with one attached hydrogen (secondary N) is 2. The fourth-order valence-electron chi connectivity index (χ4n) is 2.55. The van der Waals surface area contributed by atoms with Crippen molar-refractivity contribution in [2.45, 2.75) is 19.4 Å². The average Bonchev–Trinajstić information content (AvgIpc) is 2.63. The number of carbonyl (C=O) groups excluding carboxylic acids is 2. The second-order valence-corrected chi connectivity index (χ2v) is 6.40. The van der Waals surface area contributed by atoms with Crippen LogP contribution < -0.4 is 10.6 Å². The highest BCUT2D eigenvalue weighted by Gasteiger charge is 2.15. The zero-order valence-corrected chi connectivity index (χ0v) is 15.3. The molecule has 0 aliphatic heterocycles. The zero-order valence-electron chi connectivity index (χ0n) is 15.3. The van der Waals surface area contributed by atoms with Crippen LogP contribution in [0.3, 0.4) is 0 Å². The summed E-state index contributed by atoms with van der Waals surface area (Å²) in [5.74, 6) is -0.134. The number of hydrogen-bond donors (Lipinski definition) is 3. The van der Waals surface area contributed by atoms with Crippen molar-refractivity contribution in [3.8, 4) is 0 Å². The molecule has 0 heterocycles. The number of anilines is 1. The lowest BCUT2D eigenvalue weighted by atomic mass is 10.1. The molecule has 2 rings (SSSR count). The smallest absolute Gasteiger partial charge is 0.319 e. The van der Waals surface area contributed by atoms with Crippen molar-refractivity contribution in [2.24, 2.45) is 0 Å². The summed E-state index contributed by atoms with van der Waals surface area (Å²) >= 11 is 0. The number of rotatable bonds is 6. The standard InChI is InChI=1S/C20H25N3O3/c1-14-9-10-16(19(25)23(2)3)12-18(14)22-20(26)21-17(13-24)11-15-7-5-4-6-8-15/h4-10,12,17,24H,11,13H2,1-3H3,(H2,21,22,26). The van der Waals surface area contributed by atoms with Crippen molar-refractivity contribution in [3.63, 3.8) is 0 Å². The van der Waals surface area contributed by atoms with Gasteiger partial charge >= 0.3 is 6.03 Å². The summed E-state index contributed by atoms with van der Waals surface area (Å²) in [6.45, 7) is 1.69. The van der Waals surface area contributed by atoms with E-state index in [0.29, 0.717) is 17.7 Å². The topological polar surface area (TPSA) is 81.7 Å². The quantitative estimate of drug-likeness (QED) is 0.744. The van der Waals surface area contributed by atoms with Crippen molar-refractivity contribution < 1.29 is 14.7 Å². The molecule has 3 N–H and O–H groups in total. The monoisotopic (exact) mass is 355 g/mol. The van der Waals surface area contributed by atoms with Crippen LogP contribution in [0.25, 0.3) is 0 Å². The van der Waals surface area contributed by atoms with Crippen LogP contribution in [0.15, 0.2) is 48.5 Å². The SMILES string of the molecule is Cc1ccc(C(=O)N(C)C)cc1NC(=O)NC(CO)Cc1ccccc1. The van der Waals surface area contributed by atoms with Crippen LogP contribution in [0.4, 0.5) is 10.5 Å². The molecule has 0 aliphatic carbocycles. The van der Waals surface area contributed by atoms with E-state index >= 15 is 0 Å².